The van der Waals surface area contributed by atoms with Crippen molar-refractivity contribution in [1.29, 1.82) is 0 Å². The Labute approximate surface area is 154 Å². The maximum absolute atomic E-state index is 13.1. The van der Waals surface area contributed by atoms with Crippen LogP contribution >= 0.6 is 0 Å². The molecule has 5 nitrogen and oxygen atoms in total. The number of ether oxygens (including phenoxy) is 1. The molecule has 0 unspecified atom stereocenters. The number of pyridine rings is 1. The Kier molecular flexibility index (Phi) is 6.08. The van der Waals surface area contributed by atoms with E-state index in [2.05, 4.69) is 4.98 Å². The number of hydrogen-bond acceptors (Lipinski definition) is 4. The average Bonchev–Trinajstić information content (AvgIpc) is 2.64. The minimum absolute atomic E-state index is 0.312. The second kappa shape index (κ2) is 8.49. The summed E-state index contributed by atoms with van der Waals surface area (Å²) in [7, 11) is 0. The minimum atomic E-state index is -3.27. The lowest BCUT2D eigenvalue weighted by molar-refractivity contribution is -0.133. The molecule has 2 heterocycles. The largest absolute Gasteiger partial charge is 0.386 e. The van der Waals surface area contributed by atoms with Gasteiger partial charge in [-0.25, -0.2) is 4.39 Å². The van der Waals surface area contributed by atoms with Gasteiger partial charge in [-0.2, -0.15) is 8.78 Å². The van der Waals surface area contributed by atoms with Crippen LogP contribution in [-0.4, -0.2) is 48.4 Å². The van der Waals surface area contributed by atoms with E-state index < -0.39 is 31.2 Å². The lowest BCUT2D eigenvalue weighted by atomic mass is 9.98. The van der Waals surface area contributed by atoms with Crippen LogP contribution in [0.3, 0.4) is 0 Å². The first-order chi connectivity index (χ1) is 13.0. The normalized spacial score (nSPS) is 16.6. The third-order valence-corrected chi connectivity index (χ3v) is 4.50. The van der Waals surface area contributed by atoms with Crippen LogP contribution in [0, 0.1) is 0 Å². The first kappa shape index (κ1) is 19.3. The number of benzene rings is 1. The van der Waals surface area contributed by atoms with Crippen LogP contribution in [0.15, 0.2) is 42.6 Å². The summed E-state index contributed by atoms with van der Waals surface area (Å²) >= 11 is 0. The lowest BCUT2D eigenvalue weighted by Crippen LogP contribution is -2.43. The monoisotopic (exact) mass is 380 g/mol. The molecule has 2 aromatic rings. The van der Waals surface area contributed by atoms with Crippen LogP contribution in [-0.2, 0) is 9.53 Å². The third-order valence-electron chi connectivity index (χ3n) is 4.50. The molecule has 1 aromatic heterocycles. The summed E-state index contributed by atoms with van der Waals surface area (Å²) in [5, 5.41) is 12.0. The molecule has 0 spiro atoms. The molecule has 2 N–H and O–H groups in total. The average molecular weight is 380 g/mol. The summed E-state index contributed by atoms with van der Waals surface area (Å²) in [6.45, 7) is 0.186. The van der Waals surface area contributed by atoms with Crippen molar-refractivity contribution in [3.8, 4) is 11.1 Å². The highest BCUT2D eigenvalue weighted by Gasteiger charge is 2.26. The number of halogens is 3. The van der Waals surface area contributed by atoms with Gasteiger partial charge in [-0.15, -0.1) is 0 Å². The van der Waals surface area contributed by atoms with E-state index in [9.17, 15) is 23.1 Å². The summed E-state index contributed by atoms with van der Waals surface area (Å²) < 4.78 is 42.8. The van der Waals surface area contributed by atoms with E-state index in [0.29, 0.717) is 24.7 Å². The van der Waals surface area contributed by atoms with Crippen LogP contribution in [0.1, 0.15) is 23.3 Å². The lowest BCUT2D eigenvalue weighted by Gasteiger charge is -2.25. The van der Waals surface area contributed by atoms with Crippen molar-refractivity contribution in [2.75, 3.05) is 19.9 Å². The standard InChI is InChI=1S/C19H19F3N2O3/c20-7-16(24-19(26)18(21)22)17(25)12-3-1-11(2-4-12)13-5-6-15(23-8-13)14-9-27-10-14/h1-6,8,14,16-18,25H,7,9-10H2,(H,24,26)/t16-,17+/m1/s1. The van der Waals surface area contributed by atoms with Crippen LogP contribution in [0.4, 0.5) is 13.2 Å². The number of carbonyl (C=O) groups is 1. The Hall–Kier alpha value is -2.45. The molecule has 1 aliphatic rings. The molecule has 1 aromatic carbocycles. The first-order valence-electron chi connectivity index (χ1n) is 8.46. The number of nitrogens with one attached hydrogen (secondary N) is 1. The van der Waals surface area contributed by atoms with Crippen molar-refractivity contribution in [2.24, 2.45) is 0 Å². The molecule has 1 saturated heterocycles. The summed E-state index contributed by atoms with van der Waals surface area (Å²) in [6, 6.07) is 8.97. The summed E-state index contributed by atoms with van der Waals surface area (Å²) in [5.41, 5.74) is 2.99. The van der Waals surface area contributed by atoms with E-state index >= 15 is 0 Å². The first-order valence-corrected chi connectivity index (χ1v) is 8.46. The highest BCUT2D eigenvalue weighted by molar-refractivity contribution is 5.79. The molecule has 144 valence electrons. The van der Waals surface area contributed by atoms with Gasteiger partial charge in [0, 0.05) is 23.4 Å². The van der Waals surface area contributed by atoms with Crippen LogP contribution in [0.25, 0.3) is 11.1 Å². The Balaban J connectivity index is 1.69. The van der Waals surface area contributed by atoms with Crippen LogP contribution in [0.5, 0.6) is 0 Å². The van der Waals surface area contributed by atoms with Crippen LogP contribution in [0.2, 0.25) is 0 Å². The number of alkyl halides is 3. The number of aliphatic hydroxyl groups is 1. The fourth-order valence-electron chi connectivity index (χ4n) is 2.78. The van der Waals surface area contributed by atoms with E-state index in [1.807, 2.05) is 12.1 Å². The summed E-state index contributed by atoms with van der Waals surface area (Å²) in [6.07, 6.45) is -2.96. The fraction of sp³-hybridized carbons (Fsp3) is 0.368. The van der Waals surface area contributed by atoms with Crippen molar-refractivity contribution in [2.45, 2.75) is 24.5 Å². The zero-order chi connectivity index (χ0) is 19.4. The van der Waals surface area contributed by atoms with Gasteiger partial charge in [-0.05, 0) is 17.2 Å². The predicted octanol–water partition coefficient (Wildman–Crippen LogP) is 2.62. The van der Waals surface area contributed by atoms with Crippen molar-refractivity contribution >= 4 is 5.91 Å². The fourth-order valence-corrected chi connectivity index (χ4v) is 2.78. The van der Waals surface area contributed by atoms with Gasteiger partial charge in [0.15, 0.2) is 0 Å². The molecule has 0 saturated carbocycles. The molecule has 8 heteroatoms. The molecule has 0 radical (unpaired) electrons. The van der Waals surface area contributed by atoms with Gasteiger partial charge in [0.05, 0.1) is 19.3 Å². The van der Waals surface area contributed by atoms with Gasteiger partial charge >= 0.3 is 6.43 Å². The number of rotatable bonds is 7. The van der Waals surface area contributed by atoms with E-state index in [1.54, 1.807) is 35.8 Å². The summed E-state index contributed by atoms with van der Waals surface area (Å²) in [4.78, 5) is 15.5. The number of hydrogen-bond donors (Lipinski definition) is 2. The quantitative estimate of drug-likeness (QED) is 0.775. The molecule has 3 rings (SSSR count). The number of aromatic nitrogens is 1. The molecule has 1 fully saturated rings. The van der Waals surface area contributed by atoms with Gasteiger partial charge < -0.3 is 15.2 Å². The molecule has 27 heavy (non-hydrogen) atoms. The smallest absolute Gasteiger partial charge is 0.315 e. The van der Waals surface area contributed by atoms with E-state index in [1.165, 1.54) is 0 Å². The number of aliphatic hydroxyl groups excluding tert-OH is 1. The van der Waals surface area contributed by atoms with E-state index in [0.717, 1.165) is 16.8 Å². The summed E-state index contributed by atoms with van der Waals surface area (Å²) in [5.74, 6) is -1.28. The van der Waals surface area contributed by atoms with Crippen molar-refractivity contribution < 1.29 is 27.8 Å². The number of nitrogens with zero attached hydrogens (tertiary/aromatic N) is 1. The van der Waals surface area contributed by atoms with Gasteiger partial charge in [-0.3, -0.25) is 9.78 Å². The van der Waals surface area contributed by atoms with Gasteiger partial charge in [0.25, 0.3) is 5.91 Å². The minimum Gasteiger partial charge on any atom is -0.386 e. The molecule has 1 aliphatic heterocycles. The van der Waals surface area contributed by atoms with E-state index in [4.69, 9.17) is 4.74 Å². The SMILES string of the molecule is O=C(N[C@H](CF)[C@@H](O)c1ccc(-c2ccc(C3COC3)nc2)cc1)C(F)F. The maximum atomic E-state index is 13.1. The second-order valence-electron chi connectivity index (χ2n) is 6.34. The molecule has 0 aliphatic carbocycles. The van der Waals surface area contributed by atoms with E-state index in [-0.39, 0.29) is 0 Å². The van der Waals surface area contributed by atoms with Crippen molar-refractivity contribution in [3.63, 3.8) is 0 Å². The van der Waals surface area contributed by atoms with Gasteiger partial charge in [0.2, 0.25) is 0 Å². The number of carbonyl (C=O) groups excluding carboxylic acids is 1. The maximum Gasteiger partial charge on any atom is 0.315 e. The van der Waals surface area contributed by atoms with Gasteiger partial charge in [-0.1, -0.05) is 30.3 Å². The predicted molar refractivity (Wildman–Crippen MR) is 92.1 cm³/mol. The zero-order valence-electron chi connectivity index (χ0n) is 14.3. The molecule has 1 amide bonds. The molecular formula is C19H19F3N2O3. The van der Waals surface area contributed by atoms with Crippen molar-refractivity contribution in [1.82, 2.24) is 10.3 Å². The van der Waals surface area contributed by atoms with Gasteiger partial charge in [0.1, 0.15) is 12.8 Å². The Morgan fingerprint density at radius 3 is 2.33 bits per heavy atom. The molecular weight excluding hydrogens is 361 g/mol. The zero-order valence-corrected chi connectivity index (χ0v) is 14.3. The Morgan fingerprint density at radius 1 is 1.19 bits per heavy atom. The highest BCUT2D eigenvalue weighted by Crippen LogP contribution is 2.26. The Bertz CT molecular complexity index is 765. The van der Waals surface area contributed by atoms with Crippen LogP contribution < -0.4 is 5.32 Å². The highest BCUT2D eigenvalue weighted by atomic mass is 19.3. The molecule has 2 atom stereocenters. The topological polar surface area (TPSA) is 71.5 Å². The second-order valence-corrected chi connectivity index (χ2v) is 6.34. The Morgan fingerprint density at radius 2 is 1.85 bits per heavy atom. The number of amides is 1. The molecule has 0 bridgehead atoms. The van der Waals surface area contributed by atoms with Crippen molar-refractivity contribution in [3.05, 3.63) is 53.9 Å². The third kappa shape index (κ3) is 4.45.